The zero-order chi connectivity index (χ0) is 19.2. The predicted molar refractivity (Wildman–Crippen MR) is 101 cm³/mol. The minimum atomic E-state index is -0.567. The zero-order valence-electron chi connectivity index (χ0n) is 14.1. The van der Waals surface area contributed by atoms with Gasteiger partial charge in [-0.1, -0.05) is 17.7 Å². The van der Waals surface area contributed by atoms with Crippen LogP contribution in [0, 0.1) is 5.82 Å². The Morgan fingerprint density at radius 2 is 1.67 bits per heavy atom. The molecule has 5 nitrogen and oxygen atoms in total. The van der Waals surface area contributed by atoms with Crippen LogP contribution in [0.4, 0.5) is 10.1 Å². The fraction of sp³-hybridized carbons (Fsp3) is 0.0500. The lowest BCUT2D eigenvalue weighted by Crippen LogP contribution is -2.23. The average Bonchev–Trinajstić information content (AvgIpc) is 2.70. The Bertz CT molecular complexity index is 980. The third kappa shape index (κ3) is 4.89. The second kappa shape index (κ2) is 8.42. The highest BCUT2D eigenvalue weighted by atomic mass is 35.5. The molecule has 3 aromatic rings. The Morgan fingerprint density at radius 1 is 0.963 bits per heavy atom. The number of aromatic nitrogens is 1. The molecule has 0 fully saturated rings. The lowest BCUT2D eigenvalue weighted by molar-refractivity contribution is 0.0951. The largest absolute Gasteiger partial charge is 0.348 e. The number of carbonyl (C=O) groups is 2. The normalized spacial score (nSPS) is 10.3. The molecule has 0 spiro atoms. The molecule has 0 bridgehead atoms. The molecule has 1 heterocycles. The van der Waals surface area contributed by atoms with Crippen LogP contribution in [-0.2, 0) is 6.54 Å². The lowest BCUT2D eigenvalue weighted by Gasteiger charge is -2.08. The monoisotopic (exact) mass is 383 g/mol. The Kier molecular flexibility index (Phi) is 5.78. The van der Waals surface area contributed by atoms with Gasteiger partial charge >= 0.3 is 0 Å². The van der Waals surface area contributed by atoms with Crippen molar-refractivity contribution < 1.29 is 14.0 Å². The van der Waals surface area contributed by atoms with Crippen LogP contribution < -0.4 is 10.6 Å². The van der Waals surface area contributed by atoms with Crippen molar-refractivity contribution in [3.63, 3.8) is 0 Å². The number of nitrogens with one attached hydrogen (secondary N) is 2. The molecule has 0 aliphatic rings. The standard InChI is InChI=1S/C20H15ClFN3O2/c21-17-11-16(4-5-18(17)22)25-20(27)15-3-1-2-14(10-15)19(26)24-12-13-6-8-23-9-7-13/h1-11H,12H2,(H,24,26)(H,25,27). The van der Waals surface area contributed by atoms with Gasteiger partial charge in [-0.05, 0) is 54.1 Å². The molecule has 2 N–H and O–H groups in total. The number of carbonyl (C=O) groups excluding carboxylic acids is 2. The van der Waals surface area contributed by atoms with E-state index in [0.29, 0.717) is 23.4 Å². The van der Waals surface area contributed by atoms with Gasteiger partial charge in [0.05, 0.1) is 5.02 Å². The van der Waals surface area contributed by atoms with Crippen molar-refractivity contribution in [2.75, 3.05) is 5.32 Å². The van der Waals surface area contributed by atoms with E-state index in [1.54, 1.807) is 42.7 Å². The van der Waals surface area contributed by atoms with E-state index in [9.17, 15) is 14.0 Å². The maximum absolute atomic E-state index is 13.2. The van der Waals surface area contributed by atoms with E-state index >= 15 is 0 Å². The van der Waals surface area contributed by atoms with Gasteiger partial charge in [-0.2, -0.15) is 0 Å². The summed E-state index contributed by atoms with van der Waals surface area (Å²) in [5.74, 6) is -1.30. The fourth-order valence-electron chi connectivity index (χ4n) is 2.36. The number of nitrogens with zero attached hydrogens (tertiary/aromatic N) is 1. The van der Waals surface area contributed by atoms with Gasteiger partial charge in [0.2, 0.25) is 0 Å². The molecule has 0 saturated carbocycles. The highest BCUT2D eigenvalue weighted by Gasteiger charge is 2.11. The summed E-state index contributed by atoms with van der Waals surface area (Å²) in [6.07, 6.45) is 3.29. The SMILES string of the molecule is O=C(NCc1ccncc1)c1cccc(C(=O)Nc2ccc(F)c(Cl)c2)c1. The van der Waals surface area contributed by atoms with Crippen molar-refractivity contribution in [2.45, 2.75) is 6.54 Å². The van der Waals surface area contributed by atoms with Crippen molar-refractivity contribution in [3.05, 3.63) is 94.5 Å². The molecule has 0 saturated heterocycles. The van der Waals surface area contributed by atoms with Crippen LogP contribution in [0.1, 0.15) is 26.3 Å². The number of pyridine rings is 1. The Morgan fingerprint density at radius 3 is 2.37 bits per heavy atom. The number of rotatable bonds is 5. The zero-order valence-corrected chi connectivity index (χ0v) is 14.8. The predicted octanol–water partition coefficient (Wildman–Crippen LogP) is 4.06. The molecule has 0 atom stereocenters. The van der Waals surface area contributed by atoms with Crippen LogP contribution in [0.3, 0.4) is 0 Å². The van der Waals surface area contributed by atoms with E-state index in [4.69, 9.17) is 11.6 Å². The summed E-state index contributed by atoms with van der Waals surface area (Å²) >= 11 is 5.71. The molecule has 7 heteroatoms. The molecule has 0 radical (unpaired) electrons. The molecule has 2 aromatic carbocycles. The van der Waals surface area contributed by atoms with Gasteiger partial charge in [0.15, 0.2) is 0 Å². The van der Waals surface area contributed by atoms with Crippen molar-refractivity contribution in [1.82, 2.24) is 10.3 Å². The molecular weight excluding hydrogens is 369 g/mol. The van der Waals surface area contributed by atoms with E-state index in [1.807, 2.05) is 0 Å². The van der Waals surface area contributed by atoms with Crippen LogP contribution in [0.15, 0.2) is 67.0 Å². The topological polar surface area (TPSA) is 71.1 Å². The van der Waals surface area contributed by atoms with E-state index in [0.717, 1.165) is 5.56 Å². The first-order valence-corrected chi connectivity index (χ1v) is 8.44. The second-order valence-electron chi connectivity index (χ2n) is 5.70. The highest BCUT2D eigenvalue weighted by molar-refractivity contribution is 6.31. The lowest BCUT2D eigenvalue weighted by atomic mass is 10.1. The number of benzene rings is 2. The van der Waals surface area contributed by atoms with Gasteiger partial charge in [-0.25, -0.2) is 4.39 Å². The molecule has 1 aromatic heterocycles. The number of amides is 2. The van der Waals surface area contributed by atoms with Gasteiger partial charge in [0.25, 0.3) is 11.8 Å². The summed E-state index contributed by atoms with van der Waals surface area (Å²) < 4.78 is 13.2. The summed E-state index contributed by atoms with van der Waals surface area (Å²) in [7, 11) is 0. The van der Waals surface area contributed by atoms with Crippen LogP contribution >= 0.6 is 11.6 Å². The summed E-state index contributed by atoms with van der Waals surface area (Å²) in [4.78, 5) is 28.6. The van der Waals surface area contributed by atoms with Crippen molar-refractivity contribution >= 4 is 29.1 Å². The smallest absolute Gasteiger partial charge is 0.255 e. The quantitative estimate of drug-likeness (QED) is 0.698. The average molecular weight is 384 g/mol. The molecule has 0 aliphatic heterocycles. The molecule has 0 unspecified atom stereocenters. The van der Waals surface area contributed by atoms with Crippen molar-refractivity contribution in [1.29, 1.82) is 0 Å². The number of hydrogen-bond donors (Lipinski definition) is 2. The van der Waals surface area contributed by atoms with E-state index in [2.05, 4.69) is 15.6 Å². The molecule has 3 rings (SSSR count). The van der Waals surface area contributed by atoms with Crippen LogP contribution in [0.5, 0.6) is 0 Å². The summed E-state index contributed by atoms with van der Waals surface area (Å²) in [6.45, 7) is 0.353. The first kappa shape index (κ1) is 18.5. The Balaban J connectivity index is 1.67. The third-order valence-corrected chi connectivity index (χ3v) is 4.06. The molecule has 0 aliphatic carbocycles. The third-order valence-electron chi connectivity index (χ3n) is 3.77. The number of anilines is 1. The van der Waals surface area contributed by atoms with Gasteiger partial charge in [-0.3, -0.25) is 14.6 Å². The maximum Gasteiger partial charge on any atom is 0.255 e. The van der Waals surface area contributed by atoms with Crippen molar-refractivity contribution in [3.8, 4) is 0 Å². The van der Waals surface area contributed by atoms with Crippen molar-refractivity contribution in [2.24, 2.45) is 0 Å². The molecule has 136 valence electrons. The van der Waals surface area contributed by atoms with Crippen LogP contribution in [0.2, 0.25) is 5.02 Å². The number of hydrogen-bond acceptors (Lipinski definition) is 3. The second-order valence-corrected chi connectivity index (χ2v) is 6.11. The van der Waals surface area contributed by atoms with Gasteiger partial charge in [-0.15, -0.1) is 0 Å². The minimum absolute atomic E-state index is 0.0861. The molecular formula is C20H15ClFN3O2. The summed E-state index contributed by atoms with van der Waals surface area (Å²) in [6, 6.07) is 13.8. The molecule has 27 heavy (non-hydrogen) atoms. The number of halogens is 2. The first-order chi connectivity index (χ1) is 13.0. The summed E-state index contributed by atoms with van der Waals surface area (Å²) in [5, 5.41) is 5.32. The van der Waals surface area contributed by atoms with Crippen LogP contribution in [-0.4, -0.2) is 16.8 Å². The Hall–Kier alpha value is -3.25. The van der Waals surface area contributed by atoms with Gasteiger partial charge < -0.3 is 10.6 Å². The van der Waals surface area contributed by atoms with E-state index < -0.39 is 11.7 Å². The highest BCUT2D eigenvalue weighted by Crippen LogP contribution is 2.20. The van der Waals surface area contributed by atoms with E-state index in [1.165, 1.54) is 24.3 Å². The fourth-order valence-corrected chi connectivity index (χ4v) is 2.54. The van der Waals surface area contributed by atoms with Gasteiger partial charge in [0, 0.05) is 35.8 Å². The summed E-state index contributed by atoms with van der Waals surface area (Å²) in [5.41, 5.74) is 1.93. The van der Waals surface area contributed by atoms with E-state index in [-0.39, 0.29) is 10.9 Å². The maximum atomic E-state index is 13.2. The van der Waals surface area contributed by atoms with Crippen LogP contribution in [0.25, 0.3) is 0 Å². The van der Waals surface area contributed by atoms with Gasteiger partial charge in [0.1, 0.15) is 5.82 Å². The Labute approximate surface area is 160 Å². The first-order valence-electron chi connectivity index (χ1n) is 8.06. The minimum Gasteiger partial charge on any atom is -0.348 e. The molecule has 2 amide bonds.